The molecule has 144 valence electrons. The first kappa shape index (κ1) is 19.4. The molecule has 0 aliphatic carbocycles. The summed E-state index contributed by atoms with van der Waals surface area (Å²) in [6.07, 6.45) is 0.944. The molecule has 0 radical (unpaired) electrons. The molecule has 3 rings (SSSR count). The van der Waals surface area contributed by atoms with E-state index in [2.05, 4.69) is 21.8 Å². The van der Waals surface area contributed by atoms with Crippen molar-refractivity contribution in [2.24, 2.45) is 5.92 Å². The molecule has 0 saturated carbocycles. The maximum absolute atomic E-state index is 12.5. The van der Waals surface area contributed by atoms with Crippen LogP contribution in [0.3, 0.4) is 0 Å². The van der Waals surface area contributed by atoms with Crippen molar-refractivity contribution in [3.8, 4) is 0 Å². The molecule has 2 aromatic rings. The topological polar surface area (TPSA) is 75.7 Å². The number of esters is 1. The number of nitrogens with one attached hydrogen (secondary N) is 1. The van der Waals surface area contributed by atoms with Crippen molar-refractivity contribution in [3.05, 3.63) is 60.2 Å². The summed E-state index contributed by atoms with van der Waals surface area (Å²) < 4.78 is 32.6. The van der Waals surface area contributed by atoms with Gasteiger partial charge in [-0.1, -0.05) is 18.2 Å². The SMILES string of the molecule is CCOC(=O)c1ccc(S(=O)(=O)NCC2CCN(c3ccccc3)C2)cc1. The maximum Gasteiger partial charge on any atom is 0.338 e. The highest BCUT2D eigenvalue weighted by molar-refractivity contribution is 7.89. The van der Waals surface area contributed by atoms with E-state index in [1.165, 1.54) is 24.3 Å². The summed E-state index contributed by atoms with van der Waals surface area (Å²) >= 11 is 0. The minimum Gasteiger partial charge on any atom is -0.462 e. The van der Waals surface area contributed by atoms with Crippen LogP contribution < -0.4 is 9.62 Å². The highest BCUT2D eigenvalue weighted by atomic mass is 32.2. The minimum absolute atomic E-state index is 0.147. The van der Waals surface area contributed by atoms with Crippen LogP contribution >= 0.6 is 0 Å². The van der Waals surface area contributed by atoms with Gasteiger partial charge in [0, 0.05) is 25.3 Å². The molecule has 2 aromatic carbocycles. The maximum atomic E-state index is 12.5. The predicted molar refractivity (Wildman–Crippen MR) is 104 cm³/mol. The third-order valence-electron chi connectivity index (χ3n) is 4.64. The van der Waals surface area contributed by atoms with Gasteiger partial charge in [0.05, 0.1) is 17.1 Å². The first-order valence-corrected chi connectivity index (χ1v) is 10.5. The van der Waals surface area contributed by atoms with Crippen molar-refractivity contribution < 1.29 is 17.9 Å². The van der Waals surface area contributed by atoms with Crippen LogP contribution in [0.4, 0.5) is 5.69 Å². The van der Waals surface area contributed by atoms with Crippen molar-refractivity contribution in [2.45, 2.75) is 18.2 Å². The summed E-state index contributed by atoms with van der Waals surface area (Å²) in [7, 11) is -3.61. The van der Waals surface area contributed by atoms with Gasteiger partial charge in [0.1, 0.15) is 0 Å². The number of ether oxygens (including phenoxy) is 1. The molecule has 0 bridgehead atoms. The molecule has 1 saturated heterocycles. The Balaban J connectivity index is 1.57. The zero-order valence-corrected chi connectivity index (χ0v) is 16.1. The molecule has 1 atom stereocenters. The van der Waals surface area contributed by atoms with E-state index in [1.807, 2.05) is 18.2 Å². The molecule has 1 aliphatic heterocycles. The average molecular weight is 388 g/mol. The second kappa shape index (κ2) is 8.54. The number of nitrogens with zero attached hydrogens (tertiary/aromatic N) is 1. The van der Waals surface area contributed by atoms with Gasteiger partial charge >= 0.3 is 5.97 Å². The predicted octanol–water partition coefficient (Wildman–Crippen LogP) is 2.67. The Hall–Kier alpha value is -2.38. The van der Waals surface area contributed by atoms with Crippen molar-refractivity contribution in [1.82, 2.24) is 4.72 Å². The lowest BCUT2D eigenvalue weighted by molar-refractivity contribution is 0.0526. The fourth-order valence-corrected chi connectivity index (χ4v) is 4.28. The molecule has 0 spiro atoms. The number of hydrogen-bond acceptors (Lipinski definition) is 5. The molecule has 1 fully saturated rings. The fourth-order valence-electron chi connectivity index (χ4n) is 3.17. The molecule has 0 aromatic heterocycles. The van der Waals surface area contributed by atoms with E-state index < -0.39 is 16.0 Å². The van der Waals surface area contributed by atoms with Gasteiger partial charge in [-0.2, -0.15) is 0 Å². The molecule has 7 heteroatoms. The van der Waals surface area contributed by atoms with Crippen LogP contribution in [0.5, 0.6) is 0 Å². The summed E-state index contributed by atoms with van der Waals surface area (Å²) in [4.78, 5) is 14.1. The van der Waals surface area contributed by atoms with E-state index in [9.17, 15) is 13.2 Å². The number of rotatable bonds is 7. The number of sulfonamides is 1. The van der Waals surface area contributed by atoms with Crippen LogP contribution in [0.15, 0.2) is 59.5 Å². The molecule has 0 amide bonds. The fraction of sp³-hybridized carbons (Fsp3) is 0.350. The highest BCUT2D eigenvalue weighted by Crippen LogP contribution is 2.23. The van der Waals surface area contributed by atoms with Gasteiger partial charge in [0.2, 0.25) is 10.0 Å². The highest BCUT2D eigenvalue weighted by Gasteiger charge is 2.24. The number of carbonyl (C=O) groups excluding carboxylic acids is 1. The molecule has 27 heavy (non-hydrogen) atoms. The smallest absolute Gasteiger partial charge is 0.338 e. The van der Waals surface area contributed by atoms with E-state index in [-0.39, 0.29) is 17.4 Å². The van der Waals surface area contributed by atoms with E-state index in [0.717, 1.165) is 25.2 Å². The summed E-state index contributed by atoms with van der Waals surface area (Å²) in [5, 5.41) is 0. The second-order valence-corrected chi connectivity index (χ2v) is 8.30. The molecule has 1 unspecified atom stereocenters. The van der Waals surface area contributed by atoms with E-state index in [1.54, 1.807) is 6.92 Å². The summed E-state index contributed by atoms with van der Waals surface area (Å²) in [5.74, 6) is -0.194. The third-order valence-corrected chi connectivity index (χ3v) is 6.08. The minimum atomic E-state index is -3.61. The zero-order chi connectivity index (χ0) is 19.3. The van der Waals surface area contributed by atoms with Gasteiger partial charge in [-0.25, -0.2) is 17.9 Å². The molecular formula is C20H24N2O4S. The largest absolute Gasteiger partial charge is 0.462 e. The number of carbonyl (C=O) groups is 1. The zero-order valence-electron chi connectivity index (χ0n) is 15.3. The van der Waals surface area contributed by atoms with Gasteiger partial charge in [-0.3, -0.25) is 0 Å². The average Bonchev–Trinajstić information content (AvgIpc) is 3.17. The van der Waals surface area contributed by atoms with Gasteiger partial charge in [-0.05, 0) is 55.7 Å². The Morgan fingerprint density at radius 3 is 2.52 bits per heavy atom. The van der Waals surface area contributed by atoms with E-state index >= 15 is 0 Å². The molecular weight excluding hydrogens is 364 g/mol. The molecule has 6 nitrogen and oxygen atoms in total. The number of anilines is 1. The number of para-hydroxylation sites is 1. The van der Waals surface area contributed by atoms with E-state index in [4.69, 9.17) is 4.74 Å². The van der Waals surface area contributed by atoms with Crippen LogP contribution in [0.25, 0.3) is 0 Å². The van der Waals surface area contributed by atoms with Gasteiger partial charge < -0.3 is 9.64 Å². The monoisotopic (exact) mass is 388 g/mol. The van der Waals surface area contributed by atoms with Gasteiger partial charge in [0.15, 0.2) is 0 Å². The van der Waals surface area contributed by atoms with Crippen LogP contribution in [0.1, 0.15) is 23.7 Å². The first-order chi connectivity index (χ1) is 13.0. The molecule has 1 aliphatic rings. The summed E-state index contributed by atoms with van der Waals surface area (Å²) in [5.41, 5.74) is 1.50. The van der Waals surface area contributed by atoms with Crippen molar-refractivity contribution in [2.75, 3.05) is 31.1 Å². The number of benzene rings is 2. The second-order valence-electron chi connectivity index (χ2n) is 6.53. The Bertz CT molecular complexity index is 867. The Morgan fingerprint density at radius 1 is 1.15 bits per heavy atom. The van der Waals surface area contributed by atoms with Crippen LogP contribution in [0.2, 0.25) is 0 Å². The number of hydrogen-bond donors (Lipinski definition) is 1. The van der Waals surface area contributed by atoms with Crippen molar-refractivity contribution in [1.29, 1.82) is 0 Å². The lowest BCUT2D eigenvalue weighted by Crippen LogP contribution is -2.31. The summed E-state index contributed by atoms with van der Waals surface area (Å²) in [6, 6.07) is 15.9. The first-order valence-electron chi connectivity index (χ1n) is 9.06. The van der Waals surface area contributed by atoms with Crippen molar-refractivity contribution >= 4 is 21.7 Å². The lowest BCUT2D eigenvalue weighted by Gasteiger charge is -2.18. The standard InChI is InChI=1S/C20H24N2O4S/c1-2-26-20(23)17-8-10-19(11-9-17)27(24,25)21-14-16-12-13-22(15-16)18-6-4-3-5-7-18/h3-11,16,21H,2,12-15H2,1H3. The van der Waals surface area contributed by atoms with Crippen molar-refractivity contribution in [3.63, 3.8) is 0 Å². The Labute approximate surface area is 160 Å². The third kappa shape index (κ3) is 4.87. The van der Waals surface area contributed by atoms with E-state index in [0.29, 0.717) is 12.1 Å². The van der Waals surface area contributed by atoms with Crippen LogP contribution in [0, 0.1) is 5.92 Å². The lowest BCUT2D eigenvalue weighted by atomic mass is 10.1. The molecule has 1 heterocycles. The summed E-state index contributed by atoms with van der Waals surface area (Å²) in [6.45, 7) is 4.15. The van der Waals surface area contributed by atoms with Gasteiger partial charge in [-0.15, -0.1) is 0 Å². The Morgan fingerprint density at radius 2 is 1.85 bits per heavy atom. The van der Waals surface area contributed by atoms with Crippen LogP contribution in [-0.2, 0) is 14.8 Å². The van der Waals surface area contributed by atoms with Gasteiger partial charge in [0.25, 0.3) is 0 Å². The Kier molecular flexibility index (Phi) is 6.13. The normalized spacial score (nSPS) is 17.1. The van der Waals surface area contributed by atoms with Crippen LogP contribution in [-0.4, -0.2) is 40.6 Å². The molecule has 1 N–H and O–H groups in total. The quantitative estimate of drug-likeness (QED) is 0.738.